The van der Waals surface area contributed by atoms with E-state index in [1.54, 1.807) is 13.2 Å². The van der Waals surface area contributed by atoms with E-state index >= 15 is 0 Å². The Morgan fingerprint density at radius 1 is 1.17 bits per heavy atom. The molecular formula is C19H20N2O2S. The highest BCUT2D eigenvalue weighted by Gasteiger charge is 2.16. The van der Waals surface area contributed by atoms with E-state index < -0.39 is 0 Å². The SMILES string of the molecule is CCc1cc(-c2sncc2-c2ccc(NC)cc2)c(O)cc1OC. The number of phenolic OH excluding ortho intramolecular Hbond substituents is 1. The van der Waals surface area contributed by atoms with Gasteiger partial charge in [0.25, 0.3) is 0 Å². The van der Waals surface area contributed by atoms with Crippen LogP contribution in [-0.4, -0.2) is 23.6 Å². The van der Waals surface area contributed by atoms with Gasteiger partial charge in [-0.3, -0.25) is 0 Å². The molecule has 0 fully saturated rings. The van der Waals surface area contributed by atoms with E-state index in [1.807, 2.05) is 31.4 Å². The zero-order valence-electron chi connectivity index (χ0n) is 14.0. The summed E-state index contributed by atoms with van der Waals surface area (Å²) in [5.41, 5.74) is 5.01. The Kier molecular flexibility index (Phi) is 4.71. The molecule has 5 heteroatoms. The molecule has 0 saturated heterocycles. The number of methoxy groups -OCH3 is 1. The second kappa shape index (κ2) is 6.93. The average Bonchev–Trinajstić information content (AvgIpc) is 3.10. The fourth-order valence-corrected chi connectivity index (χ4v) is 3.51. The lowest BCUT2D eigenvalue weighted by Crippen LogP contribution is -1.92. The summed E-state index contributed by atoms with van der Waals surface area (Å²) in [6.07, 6.45) is 2.69. The third-order valence-corrected chi connectivity index (χ3v) is 4.91. The fourth-order valence-electron chi connectivity index (χ4n) is 2.72. The first-order chi connectivity index (χ1) is 11.7. The zero-order valence-corrected chi connectivity index (χ0v) is 14.8. The first-order valence-electron chi connectivity index (χ1n) is 7.81. The highest BCUT2D eigenvalue weighted by atomic mass is 32.1. The molecule has 0 aliphatic heterocycles. The second-order valence-electron chi connectivity index (χ2n) is 5.43. The van der Waals surface area contributed by atoms with E-state index in [4.69, 9.17) is 4.74 Å². The van der Waals surface area contributed by atoms with Crippen molar-refractivity contribution in [2.75, 3.05) is 19.5 Å². The lowest BCUT2D eigenvalue weighted by molar-refractivity contribution is 0.403. The number of benzene rings is 2. The third kappa shape index (κ3) is 2.95. The number of anilines is 1. The van der Waals surface area contributed by atoms with Crippen LogP contribution >= 0.6 is 11.5 Å². The minimum absolute atomic E-state index is 0.210. The van der Waals surface area contributed by atoms with Crippen LogP contribution in [0.2, 0.25) is 0 Å². The van der Waals surface area contributed by atoms with E-state index in [-0.39, 0.29) is 5.75 Å². The number of nitrogens with zero attached hydrogens (tertiary/aromatic N) is 1. The number of aryl methyl sites for hydroxylation is 1. The Morgan fingerprint density at radius 3 is 2.54 bits per heavy atom. The number of ether oxygens (including phenoxy) is 1. The van der Waals surface area contributed by atoms with Crippen LogP contribution in [0.5, 0.6) is 11.5 Å². The Balaban J connectivity index is 2.10. The number of hydrogen-bond donors (Lipinski definition) is 2. The van der Waals surface area contributed by atoms with Gasteiger partial charge in [0, 0.05) is 36.1 Å². The lowest BCUT2D eigenvalue weighted by atomic mass is 10.00. The monoisotopic (exact) mass is 340 g/mol. The van der Waals surface area contributed by atoms with Gasteiger partial charge in [0.2, 0.25) is 0 Å². The number of aromatic nitrogens is 1. The molecule has 1 heterocycles. The van der Waals surface area contributed by atoms with Crippen molar-refractivity contribution in [2.24, 2.45) is 0 Å². The molecule has 0 bridgehead atoms. The standard InChI is InChI=1S/C19H20N2O2S/c1-4-12-9-15(17(22)10-18(12)23-3)19-16(11-21-24-19)13-5-7-14(20-2)8-6-13/h5-11,20,22H,4H2,1-3H3. The molecule has 2 aromatic carbocycles. The molecule has 3 rings (SSSR count). The summed E-state index contributed by atoms with van der Waals surface area (Å²) in [5, 5.41) is 13.6. The zero-order chi connectivity index (χ0) is 17.1. The minimum Gasteiger partial charge on any atom is -0.507 e. The van der Waals surface area contributed by atoms with Crippen molar-refractivity contribution in [3.05, 3.63) is 48.2 Å². The molecule has 0 aliphatic carbocycles. The number of phenols is 1. The van der Waals surface area contributed by atoms with Gasteiger partial charge in [0.05, 0.1) is 12.0 Å². The van der Waals surface area contributed by atoms with Crippen molar-refractivity contribution in [1.29, 1.82) is 0 Å². The van der Waals surface area contributed by atoms with Gasteiger partial charge in [-0.1, -0.05) is 19.1 Å². The Labute approximate surface area is 145 Å². The molecule has 24 heavy (non-hydrogen) atoms. The van der Waals surface area contributed by atoms with Gasteiger partial charge in [-0.05, 0) is 47.3 Å². The highest BCUT2D eigenvalue weighted by molar-refractivity contribution is 7.10. The predicted octanol–water partition coefficient (Wildman–Crippen LogP) is 4.80. The molecule has 3 aromatic rings. The summed E-state index contributed by atoms with van der Waals surface area (Å²) in [4.78, 5) is 0.960. The van der Waals surface area contributed by atoms with Crippen LogP contribution in [0.1, 0.15) is 12.5 Å². The number of hydrogen-bond acceptors (Lipinski definition) is 5. The molecular weight excluding hydrogens is 320 g/mol. The van der Waals surface area contributed by atoms with Gasteiger partial charge in [0.15, 0.2) is 0 Å². The van der Waals surface area contributed by atoms with Crippen molar-refractivity contribution in [1.82, 2.24) is 4.37 Å². The largest absolute Gasteiger partial charge is 0.507 e. The van der Waals surface area contributed by atoms with E-state index in [0.717, 1.165) is 39.2 Å². The van der Waals surface area contributed by atoms with Gasteiger partial charge in [-0.15, -0.1) is 0 Å². The first kappa shape index (κ1) is 16.3. The van der Waals surface area contributed by atoms with Crippen molar-refractivity contribution in [3.8, 4) is 33.1 Å². The molecule has 2 N–H and O–H groups in total. The summed E-state index contributed by atoms with van der Waals surface area (Å²) in [6, 6.07) is 11.8. The lowest BCUT2D eigenvalue weighted by Gasteiger charge is -2.12. The molecule has 0 atom stereocenters. The van der Waals surface area contributed by atoms with Gasteiger partial charge < -0.3 is 15.2 Å². The van der Waals surface area contributed by atoms with Crippen LogP contribution in [0.15, 0.2) is 42.6 Å². The third-order valence-electron chi connectivity index (χ3n) is 4.08. The first-order valence-corrected chi connectivity index (χ1v) is 8.58. The van der Waals surface area contributed by atoms with Crippen molar-refractivity contribution in [3.63, 3.8) is 0 Å². The molecule has 0 amide bonds. The van der Waals surface area contributed by atoms with Gasteiger partial charge in [-0.25, -0.2) is 0 Å². The van der Waals surface area contributed by atoms with Crippen LogP contribution in [0.4, 0.5) is 5.69 Å². The topological polar surface area (TPSA) is 54.4 Å². The number of nitrogens with one attached hydrogen (secondary N) is 1. The Morgan fingerprint density at radius 2 is 1.92 bits per heavy atom. The molecule has 1 aromatic heterocycles. The maximum atomic E-state index is 10.5. The van der Waals surface area contributed by atoms with Gasteiger partial charge in [-0.2, -0.15) is 4.37 Å². The summed E-state index contributed by atoms with van der Waals surface area (Å²) < 4.78 is 9.69. The molecule has 4 nitrogen and oxygen atoms in total. The van der Waals surface area contributed by atoms with Gasteiger partial charge in [0.1, 0.15) is 11.5 Å². The highest BCUT2D eigenvalue weighted by Crippen LogP contribution is 2.42. The normalized spacial score (nSPS) is 10.6. The molecule has 0 spiro atoms. The van der Waals surface area contributed by atoms with E-state index in [9.17, 15) is 5.11 Å². The van der Waals surface area contributed by atoms with E-state index in [2.05, 4.69) is 28.7 Å². The quantitative estimate of drug-likeness (QED) is 0.701. The van der Waals surface area contributed by atoms with Crippen LogP contribution in [0.3, 0.4) is 0 Å². The summed E-state index contributed by atoms with van der Waals surface area (Å²) in [6.45, 7) is 2.07. The van der Waals surface area contributed by atoms with Crippen LogP contribution < -0.4 is 10.1 Å². The summed E-state index contributed by atoms with van der Waals surface area (Å²) in [5.74, 6) is 0.921. The fraction of sp³-hybridized carbons (Fsp3) is 0.211. The number of rotatable bonds is 5. The molecule has 0 unspecified atom stereocenters. The van der Waals surface area contributed by atoms with Crippen LogP contribution in [0.25, 0.3) is 21.6 Å². The predicted molar refractivity (Wildman–Crippen MR) is 100 cm³/mol. The van der Waals surface area contributed by atoms with Gasteiger partial charge >= 0.3 is 0 Å². The van der Waals surface area contributed by atoms with Crippen molar-refractivity contribution >= 4 is 17.2 Å². The summed E-state index contributed by atoms with van der Waals surface area (Å²) >= 11 is 1.39. The van der Waals surface area contributed by atoms with E-state index in [1.165, 1.54) is 11.5 Å². The molecule has 0 aliphatic rings. The number of aromatic hydroxyl groups is 1. The maximum absolute atomic E-state index is 10.5. The van der Waals surface area contributed by atoms with Crippen LogP contribution in [-0.2, 0) is 6.42 Å². The molecule has 0 saturated carbocycles. The Bertz CT molecular complexity index is 841. The molecule has 0 radical (unpaired) electrons. The maximum Gasteiger partial charge on any atom is 0.128 e. The second-order valence-corrected chi connectivity index (χ2v) is 6.23. The van der Waals surface area contributed by atoms with Crippen LogP contribution in [0, 0.1) is 0 Å². The molecule has 124 valence electrons. The smallest absolute Gasteiger partial charge is 0.128 e. The minimum atomic E-state index is 0.210. The van der Waals surface area contributed by atoms with Crippen molar-refractivity contribution < 1.29 is 9.84 Å². The van der Waals surface area contributed by atoms with E-state index in [0.29, 0.717) is 5.75 Å². The summed E-state index contributed by atoms with van der Waals surface area (Å²) in [7, 11) is 3.52. The van der Waals surface area contributed by atoms with Crippen molar-refractivity contribution in [2.45, 2.75) is 13.3 Å². The average molecular weight is 340 g/mol. The Hall–Kier alpha value is -2.53.